The molecule has 0 radical (unpaired) electrons. The summed E-state index contributed by atoms with van der Waals surface area (Å²) in [5.41, 5.74) is 0. The third-order valence-corrected chi connectivity index (χ3v) is 13.5. The van der Waals surface area contributed by atoms with Gasteiger partial charge in [-0.3, -0.25) is 0 Å². The predicted octanol–water partition coefficient (Wildman–Crippen LogP) is 0.375. The molecule has 2 heterocycles. The molecule has 0 saturated heterocycles. The Balaban J connectivity index is 0.000000215. The summed E-state index contributed by atoms with van der Waals surface area (Å²) in [6.07, 6.45) is 0. The second kappa shape index (κ2) is 9.07. The fourth-order valence-electron chi connectivity index (χ4n) is 2.20. The summed E-state index contributed by atoms with van der Waals surface area (Å²) < 4.78 is 46.9. The van der Waals surface area contributed by atoms with Gasteiger partial charge >= 0.3 is 73.9 Å². The van der Waals surface area contributed by atoms with Gasteiger partial charge in [-0.1, -0.05) is 59.1 Å². The van der Waals surface area contributed by atoms with Crippen molar-refractivity contribution in [3.8, 4) is 0 Å². The molecule has 12 heteroatoms. The van der Waals surface area contributed by atoms with Gasteiger partial charge in [0.2, 0.25) is 5.77 Å². The van der Waals surface area contributed by atoms with E-state index in [1.165, 1.54) is 20.2 Å². The molecule has 0 bridgehead atoms. The van der Waals surface area contributed by atoms with Gasteiger partial charge in [-0.05, 0) is 22.9 Å². The number of thiophene rings is 2. The standard InChI is InChI=1S/C16H10IS2.H3O4P.3O.W/c1-3-7-13-11(5-1)9-15(18-13)17-16-10-12-6-2-4-8-14(12)19-16;1-5(2,3)4;;;;/h1-10H;(H3,1,2,3,4);;;;/q+1;;;;-1;+1/p-1. The van der Waals surface area contributed by atoms with Gasteiger partial charge in [0.05, 0.1) is 0 Å². The molecule has 0 aliphatic carbocycles. The van der Waals surface area contributed by atoms with Crippen molar-refractivity contribution in [1.82, 2.24) is 0 Å². The second-order valence-corrected chi connectivity index (χ2v) is 17.4. The van der Waals surface area contributed by atoms with Crippen molar-refractivity contribution >= 4 is 50.7 Å². The third kappa shape index (κ3) is 6.76. The number of halogens is 1. The second-order valence-electron chi connectivity index (χ2n) is 5.24. The van der Waals surface area contributed by atoms with Gasteiger partial charge in [0.15, 0.2) is 0 Å². The summed E-state index contributed by atoms with van der Waals surface area (Å²) in [4.78, 5) is 15.4. The minimum absolute atomic E-state index is 0.0306. The van der Waals surface area contributed by atoms with Crippen molar-refractivity contribution in [2.24, 2.45) is 0 Å². The first-order chi connectivity index (χ1) is 13.1. The van der Waals surface area contributed by atoms with Crippen LogP contribution in [0, 0.1) is 5.77 Å². The van der Waals surface area contributed by atoms with Gasteiger partial charge in [0.25, 0.3) is 0 Å². The molecule has 0 spiro atoms. The molecule has 0 amide bonds. The van der Waals surface area contributed by atoms with Crippen molar-refractivity contribution < 1.29 is 66.0 Å². The summed E-state index contributed by atoms with van der Waals surface area (Å²) in [6.45, 7) is 0. The summed E-state index contributed by atoms with van der Waals surface area (Å²) in [7, 11) is -5.13. The van der Waals surface area contributed by atoms with E-state index in [1.807, 2.05) is 22.7 Å². The Bertz CT molecular complexity index is 1120. The Kier molecular flexibility index (Phi) is 7.17. The van der Waals surface area contributed by atoms with E-state index < -0.39 is 24.6 Å². The molecular weight excluding hydrogens is 710 g/mol. The molecule has 2 aromatic carbocycles. The number of hydrogen-bond donors (Lipinski definition) is 2. The summed E-state index contributed by atoms with van der Waals surface area (Å²) >= 11 is -2.56. The molecule has 28 heavy (non-hydrogen) atoms. The van der Waals surface area contributed by atoms with Crippen molar-refractivity contribution in [3.63, 3.8) is 0 Å². The molecule has 0 unspecified atom stereocenters. The Morgan fingerprint density at radius 3 is 1.64 bits per heavy atom. The first kappa shape index (κ1) is 22.1. The molecule has 2 aromatic heterocycles. The van der Waals surface area contributed by atoms with Crippen LogP contribution in [-0.2, 0) is 31.3 Å². The molecule has 0 aliphatic heterocycles. The van der Waals surface area contributed by atoms with E-state index in [2.05, 4.69) is 63.8 Å². The number of hydrogen-bond acceptors (Lipinski definition) is 7. The molecule has 148 valence electrons. The number of rotatable bonds is 4. The van der Waals surface area contributed by atoms with Crippen LogP contribution in [-0.4, -0.2) is 9.79 Å². The average molecular weight is 722 g/mol. The number of phosphoric acid groups is 1. The SMILES string of the molecule is O=P(O)(O)[O][W](=[O])(=[O])[O-].c1ccc2sc([I+]c3cc4ccccc4s3)cc2c1. The Morgan fingerprint density at radius 2 is 1.32 bits per heavy atom. The number of benzene rings is 2. The van der Waals surface area contributed by atoms with Crippen LogP contribution >= 0.6 is 30.5 Å². The normalized spacial score (nSPS) is 12.1. The maximum Gasteiger partial charge on any atom is 0.381 e. The van der Waals surface area contributed by atoms with Crippen LogP contribution in [0.15, 0.2) is 60.7 Å². The van der Waals surface area contributed by atoms with E-state index in [0.717, 1.165) is 0 Å². The Labute approximate surface area is 181 Å². The zero-order valence-corrected chi connectivity index (χ0v) is 21.4. The van der Waals surface area contributed by atoms with Crippen molar-refractivity contribution in [3.05, 3.63) is 66.4 Å². The largest absolute Gasteiger partial charge is 0.381 e. The summed E-state index contributed by atoms with van der Waals surface area (Å²) in [6, 6.07) is 22.1. The van der Waals surface area contributed by atoms with E-state index in [1.54, 1.807) is 5.77 Å². The van der Waals surface area contributed by atoms with E-state index >= 15 is 0 Å². The van der Waals surface area contributed by atoms with Gasteiger partial charge in [-0.15, -0.1) is 0 Å². The van der Waals surface area contributed by atoms with Crippen LogP contribution < -0.4 is 25.0 Å². The third-order valence-electron chi connectivity index (χ3n) is 3.17. The molecule has 2 N–H and O–H groups in total. The van der Waals surface area contributed by atoms with Crippen LogP contribution in [0.25, 0.3) is 20.2 Å². The van der Waals surface area contributed by atoms with Crippen LogP contribution in [0.3, 0.4) is 0 Å². The van der Waals surface area contributed by atoms with E-state index in [-0.39, 0.29) is 21.2 Å². The quantitative estimate of drug-likeness (QED) is 0.231. The molecule has 7 nitrogen and oxygen atoms in total. The Morgan fingerprint density at radius 1 is 0.893 bits per heavy atom. The van der Waals surface area contributed by atoms with Gasteiger partial charge in [-0.2, -0.15) is 0 Å². The van der Waals surface area contributed by atoms with Crippen molar-refractivity contribution in [1.29, 1.82) is 0 Å². The van der Waals surface area contributed by atoms with Gasteiger partial charge in [0, 0.05) is 21.5 Å². The zero-order chi connectivity index (χ0) is 20.4. The molecule has 0 atom stereocenters. The fourth-order valence-corrected chi connectivity index (χ4v) is 11.7. The molecule has 0 aliphatic rings. The van der Waals surface area contributed by atoms with Gasteiger partial charge in [0.1, 0.15) is 0 Å². The first-order valence-corrected chi connectivity index (χ1v) is 17.5. The summed E-state index contributed by atoms with van der Waals surface area (Å²) in [5, 5.41) is 2.78. The van der Waals surface area contributed by atoms with E-state index in [0.29, 0.717) is 0 Å². The minimum Gasteiger partial charge on any atom is -0.0876 e. The summed E-state index contributed by atoms with van der Waals surface area (Å²) in [5.74, 6) is 0. The minimum atomic E-state index is -6.44. The first-order valence-electron chi connectivity index (χ1n) is 7.44. The Hall–Kier alpha value is -0.552. The van der Waals surface area contributed by atoms with Gasteiger partial charge in [-0.25, -0.2) is 0 Å². The van der Waals surface area contributed by atoms with Crippen LogP contribution in [0.4, 0.5) is 0 Å². The molecular formula is C16H12IO7PS2W. The topological polar surface area (TPSA) is 124 Å². The monoisotopic (exact) mass is 722 g/mol. The molecule has 0 fully saturated rings. The average Bonchev–Trinajstić information content (AvgIpc) is 3.14. The maximum atomic E-state index is 9.57. The van der Waals surface area contributed by atoms with Crippen LogP contribution in [0.5, 0.6) is 0 Å². The predicted molar refractivity (Wildman–Crippen MR) is 95.5 cm³/mol. The fraction of sp³-hybridized carbons (Fsp3) is 0. The number of fused-ring (bicyclic) bond motifs is 2. The van der Waals surface area contributed by atoms with Crippen LogP contribution in [0.1, 0.15) is 0 Å². The maximum absolute atomic E-state index is 9.57. The van der Waals surface area contributed by atoms with Crippen molar-refractivity contribution in [2.75, 3.05) is 0 Å². The molecule has 4 rings (SSSR count). The smallest absolute Gasteiger partial charge is 0.0876 e. The van der Waals surface area contributed by atoms with E-state index in [9.17, 15) is 15.1 Å². The molecule has 4 aromatic rings. The molecule has 0 saturated carbocycles. The van der Waals surface area contributed by atoms with E-state index in [4.69, 9.17) is 9.79 Å². The van der Waals surface area contributed by atoms with Crippen LogP contribution in [0.2, 0.25) is 0 Å². The van der Waals surface area contributed by atoms with Gasteiger partial charge < -0.3 is 0 Å². The zero-order valence-electron chi connectivity index (χ0n) is 13.8. The van der Waals surface area contributed by atoms with Crippen molar-refractivity contribution in [2.45, 2.75) is 0 Å².